The van der Waals surface area contributed by atoms with E-state index in [0.29, 0.717) is 90.3 Å². The van der Waals surface area contributed by atoms with Crippen LogP contribution < -0.4 is 11.5 Å². The van der Waals surface area contributed by atoms with Gasteiger partial charge in [-0.05, 0) is 81.9 Å². The third kappa shape index (κ3) is 10.4. The Bertz CT molecular complexity index is 1340. The minimum Gasteiger partial charge on any atom is -0.447 e. The first-order chi connectivity index (χ1) is 25.8. The van der Waals surface area contributed by atoms with E-state index in [1.54, 1.807) is 9.80 Å². The SMILES string of the molecule is NCC1CCC(C(=O)N2CCN(C(=O)OC[C@H]3OCC[C@@H](OC(=O)N4CCN(C(=O)C5CCC(CN)CC5)CC4)[C@@H]3OCc3ccccc3)CC2)CC1. The predicted molar refractivity (Wildman–Crippen MR) is 196 cm³/mol. The Labute approximate surface area is 313 Å². The Morgan fingerprint density at radius 1 is 0.642 bits per heavy atom. The molecule has 5 aliphatic rings. The van der Waals surface area contributed by atoms with Gasteiger partial charge in [0.05, 0.1) is 13.2 Å². The first-order valence-corrected chi connectivity index (χ1v) is 19.9. The van der Waals surface area contributed by atoms with Crippen LogP contribution in [0.4, 0.5) is 9.59 Å². The predicted octanol–water partition coefficient (Wildman–Crippen LogP) is 2.82. The van der Waals surface area contributed by atoms with Crippen LogP contribution in [0.1, 0.15) is 63.4 Å². The van der Waals surface area contributed by atoms with Crippen LogP contribution in [0.2, 0.25) is 0 Å². The highest BCUT2D eigenvalue weighted by Gasteiger charge is 2.41. The van der Waals surface area contributed by atoms with E-state index in [1.165, 1.54) is 0 Å². The molecule has 4 amide bonds. The molecule has 294 valence electrons. The van der Waals surface area contributed by atoms with Crippen LogP contribution in [0.25, 0.3) is 0 Å². The number of hydrogen-bond acceptors (Lipinski definition) is 10. The number of rotatable bonds is 10. The second-order valence-electron chi connectivity index (χ2n) is 15.5. The van der Waals surface area contributed by atoms with Gasteiger partial charge in [0.15, 0.2) is 0 Å². The first kappa shape index (κ1) is 39.2. The van der Waals surface area contributed by atoms with E-state index in [2.05, 4.69) is 0 Å². The Morgan fingerprint density at radius 2 is 1.13 bits per heavy atom. The molecule has 3 atom stereocenters. The number of benzene rings is 1. The number of piperazine rings is 2. The summed E-state index contributed by atoms with van der Waals surface area (Å²) in [5.74, 6) is 1.47. The molecular weight excluding hydrogens is 680 g/mol. The third-order valence-electron chi connectivity index (χ3n) is 12.1. The molecule has 14 nitrogen and oxygen atoms in total. The van der Waals surface area contributed by atoms with Crippen molar-refractivity contribution in [3.05, 3.63) is 35.9 Å². The number of nitrogens with zero attached hydrogens (tertiary/aromatic N) is 4. The van der Waals surface area contributed by atoms with Gasteiger partial charge in [0.25, 0.3) is 0 Å². The van der Waals surface area contributed by atoms with Crippen molar-refractivity contribution in [2.45, 2.75) is 82.7 Å². The van der Waals surface area contributed by atoms with E-state index in [1.807, 2.05) is 40.1 Å². The molecule has 2 aliphatic carbocycles. The molecule has 1 aromatic carbocycles. The van der Waals surface area contributed by atoms with Crippen LogP contribution in [0.5, 0.6) is 0 Å². The van der Waals surface area contributed by atoms with Crippen molar-refractivity contribution in [2.24, 2.45) is 35.1 Å². The summed E-state index contributed by atoms with van der Waals surface area (Å²) in [6, 6.07) is 9.71. The lowest BCUT2D eigenvalue weighted by atomic mass is 9.81. The molecule has 0 bridgehead atoms. The lowest BCUT2D eigenvalue weighted by Gasteiger charge is -2.40. The third-order valence-corrected chi connectivity index (χ3v) is 12.1. The Kier molecular flexibility index (Phi) is 14.2. The monoisotopic (exact) mass is 740 g/mol. The van der Waals surface area contributed by atoms with Crippen LogP contribution in [0.15, 0.2) is 30.3 Å². The summed E-state index contributed by atoms with van der Waals surface area (Å²) in [5.41, 5.74) is 12.6. The fraction of sp³-hybridized carbons (Fsp3) is 0.744. The number of ether oxygens (including phenoxy) is 4. The van der Waals surface area contributed by atoms with Crippen molar-refractivity contribution >= 4 is 24.0 Å². The summed E-state index contributed by atoms with van der Waals surface area (Å²) in [4.78, 5) is 60.1. The Hall–Kier alpha value is -3.46. The summed E-state index contributed by atoms with van der Waals surface area (Å²) >= 11 is 0. The van der Waals surface area contributed by atoms with Gasteiger partial charge in [-0.2, -0.15) is 0 Å². The molecule has 3 heterocycles. The molecule has 53 heavy (non-hydrogen) atoms. The van der Waals surface area contributed by atoms with Gasteiger partial charge in [0.2, 0.25) is 11.8 Å². The standard InChI is InChI=1S/C39H60N6O8/c40-24-28-6-10-31(11-7-28)36(46)42-15-19-44(20-16-42)38(48)52-27-34-35(51-26-30-4-2-1-3-5-30)33(14-23-50-34)53-39(49)45-21-17-43(18-22-45)37(47)32-12-8-29(25-41)9-13-32/h1-5,28-29,31-35H,6-27,40-41H2/t28?,29?,31?,32?,33-,34-,35+/m1/s1. The van der Waals surface area contributed by atoms with Crippen molar-refractivity contribution in [3.63, 3.8) is 0 Å². The highest BCUT2D eigenvalue weighted by atomic mass is 16.6. The van der Waals surface area contributed by atoms with E-state index in [0.717, 1.165) is 56.9 Å². The quantitative estimate of drug-likeness (QED) is 0.364. The average molecular weight is 741 g/mol. The maximum absolute atomic E-state index is 13.5. The van der Waals surface area contributed by atoms with Gasteiger partial charge in [0.1, 0.15) is 24.9 Å². The summed E-state index contributed by atoms with van der Waals surface area (Å²) in [7, 11) is 0. The van der Waals surface area contributed by atoms with Crippen LogP contribution >= 0.6 is 0 Å². The van der Waals surface area contributed by atoms with Crippen molar-refractivity contribution in [1.29, 1.82) is 0 Å². The summed E-state index contributed by atoms with van der Waals surface area (Å²) < 4.78 is 24.3. The molecule has 2 saturated carbocycles. The largest absolute Gasteiger partial charge is 0.447 e. The lowest BCUT2D eigenvalue weighted by molar-refractivity contribution is -0.178. The maximum Gasteiger partial charge on any atom is 0.410 e. The molecule has 14 heteroatoms. The minimum absolute atomic E-state index is 0.0394. The molecule has 0 spiro atoms. The zero-order valence-electron chi connectivity index (χ0n) is 31.2. The van der Waals surface area contributed by atoms with Gasteiger partial charge in [-0.3, -0.25) is 9.59 Å². The lowest BCUT2D eigenvalue weighted by Crippen LogP contribution is -2.55. The van der Waals surface area contributed by atoms with Crippen molar-refractivity contribution in [1.82, 2.24) is 19.6 Å². The second kappa shape index (κ2) is 19.2. The number of hydrogen-bond donors (Lipinski definition) is 2. The van der Waals surface area contributed by atoms with E-state index in [4.69, 9.17) is 30.4 Å². The summed E-state index contributed by atoms with van der Waals surface area (Å²) in [6.45, 7) is 5.38. The molecule has 6 rings (SSSR count). The van der Waals surface area contributed by atoms with E-state index in [-0.39, 0.29) is 36.9 Å². The van der Waals surface area contributed by atoms with Gasteiger partial charge in [0, 0.05) is 70.6 Å². The second-order valence-corrected chi connectivity index (χ2v) is 15.5. The molecule has 3 aliphatic heterocycles. The molecule has 4 N–H and O–H groups in total. The Balaban J connectivity index is 0.987. The number of carbonyl (C=O) groups excluding carboxylic acids is 4. The maximum atomic E-state index is 13.5. The van der Waals surface area contributed by atoms with Gasteiger partial charge in [-0.1, -0.05) is 30.3 Å². The van der Waals surface area contributed by atoms with Crippen LogP contribution in [-0.4, -0.2) is 141 Å². The minimum atomic E-state index is -0.670. The molecule has 3 saturated heterocycles. The summed E-state index contributed by atoms with van der Waals surface area (Å²) in [5, 5.41) is 0. The van der Waals surface area contributed by atoms with E-state index < -0.39 is 30.5 Å². The normalized spacial score (nSPS) is 29.7. The zero-order valence-corrected chi connectivity index (χ0v) is 31.2. The fourth-order valence-corrected chi connectivity index (χ4v) is 8.56. The average Bonchev–Trinajstić information content (AvgIpc) is 3.22. The van der Waals surface area contributed by atoms with Crippen LogP contribution in [-0.2, 0) is 35.1 Å². The van der Waals surface area contributed by atoms with E-state index in [9.17, 15) is 19.2 Å². The topological polar surface area (TPSA) is 170 Å². The van der Waals surface area contributed by atoms with Gasteiger partial charge in [-0.25, -0.2) is 9.59 Å². The van der Waals surface area contributed by atoms with Gasteiger partial charge < -0.3 is 50.0 Å². The van der Waals surface area contributed by atoms with Crippen molar-refractivity contribution in [2.75, 3.05) is 78.7 Å². The number of amides is 4. The van der Waals surface area contributed by atoms with E-state index >= 15 is 0 Å². The number of nitrogens with two attached hydrogens (primary N) is 2. The van der Waals surface area contributed by atoms with Crippen LogP contribution in [0, 0.1) is 23.7 Å². The summed E-state index contributed by atoms with van der Waals surface area (Å²) in [6.07, 6.45) is 5.07. The smallest absolute Gasteiger partial charge is 0.410 e. The zero-order chi connectivity index (χ0) is 37.2. The van der Waals surface area contributed by atoms with Crippen molar-refractivity contribution in [3.8, 4) is 0 Å². The highest BCUT2D eigenvalue weighted by Crippen LogP contribution is 2.31. The molecule has 0 unspecified atom stereocenters. The van der Waals surface area contributed by atoms with Gasteiger partial charge in [-0.15, -0.1) is 0 Å². The Morgan fingerprint density at radius 3 is 1.64 bits per heavy atom. The van der Waals surface area contributed by atoms with Gasteiger partial charge >= 0.3 is 12.2 Å². The molecule has 5 fully saturated rings. The molecule has 1 aromatic rings. The number of carbonyl (C=O) groups is 4. The first-order valence-electron chi connectivity index (χ1n) is 19.9. The molecule has 0 aromatic heterocycles. The van der Waals surface area contributed by atoms with Crippen molar-refractivity contribution < 1.29 is 38.1 Å². The fourth-order valence-electron chi connectivity index (χ4n) is 8.56. The van der Waals surface area contributed by atoms with Crippen LogP contribution in [0.3, 0.4) is 0 Å². The molecular formula is C39H60N6O8. The highest BCUT2D eigenvalue weighted by molar-refractivity contribution is 5.80. The molecule has 0 radical (unpaired) electrons.